The zero-order valence-corrected chi connectivity index (χ0v) is 7.14. The molecule has 0 unspecified atom stereocenters. The topological polar surface area (TPSA) is 73.9 Å². The zero-order valence-electron chi connectivity index (χ0n) is 7.14. The highest BCUT2D eigenvalue weighted by molar-refractivity contribution is 5.39. The van der Waals surface area contributed by atoms with Crippen molar-refractivity contribution >= 4 is 0 Å². The van der Waals surface area contributed by atoms with Crippen LogP contribution in [0.5, 0.6) is 5.88 Å². The van der Waals surface area contributed by atoms with Gasteiger partial charge in [-0.15, -0.1) is 0 Å². The van der Waals surface area contributed by atoms with Gasteiger partial charge in [0, 0.05) is 0 Å². The summed E-state index contributed by atoms with van der Waals surface area (Å²) in [4.78, 5) is 11.1. The van der Waals surface area contributed by atoms with Crippen LogP contribution in [0.15, 0.2) is 17.0 Å². The van der Waals surface area contributed by atoms with Crippen LogP contribution in [0.25, 0.3) is 11.7 Å². The molecule has 7 heteroatoms. The fraction of sp³-hybridized carbons (Fsp3) is 0.143. The number of ether oxygens (including phenoxy) is 1. The van der Waals surface area contributed by atoms with E-state index in [-0.39, 0.29) is 17.6 Å². The van der Waals surface area contributed by atoms with E-state index in [2.05, 4.69) is 24.8 Å². The number of halogens is 1. The second-order valence-corrected chi connectivity index (χ2v) is 2.30. The van der Waals surface area contributed by atoms with E-state index in [9.17, 15) is 4.39 Å². The van der Waals surface area contributed by atoms with E-state index >= 15 is 0 Å². The van der Waals surface area contributed by atoms with Crippen LogP contribution in [-0.4, -0.2) is 27.2 Å². The quantitative estimate of drug-likeness (QED) is 0.702. The molecule has 6 nitrogen and oxygen atoms in total. The Morgan fingerprint density at radius 2 is 2.29 bits per heavy atom. The van der Waals surface area contributed by atoms with Crippen LogP contribution in [0.4, 0.5) is 4.39 Å². The van der Waals surface area contributed by atoms with Gasteiger partial charge in [-0.05, 0) is 0 Å². The highest BCUT2D eigenvalue weighted by Crippen LogP contribution is 2.16. The molecule has 0 aliphatic rings. The molecule has 2 aromatic rings. The third-order valence-corrected chi connectivity index (χ3v) is 1.46. The Bertz CT molecular complexity index is 431. The first-order chi connectivity index (χ1) is 6.81. The number of nitrogens with zero attached hydrogens (tertiary/aromatic N) is 4. The maximum Gasteiger partial charge on any atom is 0.295 e. The molecule has 0 fully saturated rings. The van der Waals surface area contributed by atoms with Gasteiger partial charge in [-0.2, -0.15) is 14.4 Å². The van der Waals surface area contributed by atoms with Gasteiger partial charge in [-0.25, -0.2) is 4.98 Å². The smallest absolute Gasteiger partial charge is 0.295 e. The van der Waals surface area contributed by atoms with Gasteiger partial charge in [0.1, 0.15) is 0 Å². The van der Waals surface area contributed by atoms with Gasteiger partial charge >= 0.3 is 0 Å². The van der Waals surface area contributed by atoms with Crippen LogP contribution < -0.4 is 4.74 Å². The average Bonchev–Trinajstić information content (AvgIpc) is 2.71. The fourth-order valence-corrected chi connectivity index (χ4v) is 0.869. The van der Waals surface area contributed by atoms with Crippen molar-refractivity contribution in [3.05, 3.63) is 18.3 Å². The first-order valence-corrected chi connectivity index (χ1v) is 3.65. The van der Waals surface area contributed by atoms with E-state index in [4.69, 9.17) is 4.52 Å². The van der Waals surface area contributed by atoms with Crippen molar-refractivity contribution in [2.45, 2.75) is 0 Å². The Balaban J connectivity index is 2.46. The van der Waals surface area contributed by atoms with Crippen LogP contribution >= 0.6 is 0 Å². The number of hydrogen-bond acceptors (Lipinski definition) is 6. The predicted octanol–water partition coefficient (Wildman–Crippen LogP) is 0.674. The molecule has 72 valence electrons. The predicted molar refractivity (Wildman–Crippen MR) is 41.8 cm³/mol. The Morgan fingerprint density at radius 1 is 1.43 bits per heavy atom. The van der Waals surface area contributed by atoms with E-state index in [1.165, 1.54) is 13.4 Å². The largest absolute Gasteiger partial charge is 0.479 e. The lowest BCUT2D eigenvalue weighted by molar-refractivity contribution is 0.365. The van der Waals surface area contributed by atoms with Crippen LogP contribution in [0.3, 0.4) is 0 Å². The normalized spacial score (nSPS) is 10.1. The summed E-state index contributed by atoms with van der Waals surface area (Å²) in [5.41, 5.74) is 0. The highest BCUT2D eigenvalue weighted by Gasteiger charge is 2.12. The third-order valence-electron chi connectivity index (χ3n) is 1.46. The summed E-state index contributed by atoms with van der Waals surface area (Å²) in [5, 5.41) is 3.38. The van der Waals surface area contributed by atoms with E-state index in [0.29, 0.717) is 0 Å². The summed E-state index contributed by atoms with van der Waals surface area (Å²) >= 11 is 0. The summed E-state index contributed by atoms with van der Waals surface area (Å²) in [6, 6.07) is 0. The molecular formula is C7H5FN4O2. The van der Waals surface area contributed by atoms with E-state index in [0.717, 1.165) is 6.20 Å². The van der Waals surface area contributed by atoms with Gasteiger partial charge in [-0.3, -0.25) is 0 Å². The molecule has 0 N–H and O–H groups in total. The van der Waals surface area contributed by atoms with Gasteiger partial charge in [0.15, 0.2) is 6.33 Å². The number of hydrogen-bond donors (Lipinski definition) is 0. The molecule has 0 radical (unpaired) electrons. The molecule has 0 bridgehead atoms. The van der Waals surface area contributed by atoms with Crippen molar-refractivity contribution in [1.29, 1.82) is 0 Å². The van der Waals surface area contributed by atoms with E-state index in [1.54, 1.807) is 0 Å². The van der Waals surface area contributed by atoms with E-state index in [1.807, 2.05) is 0 Å². The lowest BCUT2D eigenvalue weighted by atomic mass is 10.5. The Labute approximate surface area is 77.8 Å². The summed E-state index contributed by atoms with van der Waals surface area (Å²) in [6.45, 7) is 0. The van der Waals surface area contributed by atoms with Crippen molar-refractivity contribution in [3.8, 4) is 17.6 Å². The van der Waals surface area contributed by atoms with Crippen molar-refractivity contribution < 1.29 is 13.7 Å². The summed E-state index contributed by atoms with van der Waals surface area (Å²) < 4.78 is 22.3. The first-order valence-electron chi connectivity index (χ1n) is 3.65. The van der Waals surface area contributed by atoms with Crippen molar-refractivity contribution in [3.63, 3.8) is 0 Å². The third kappa shape index (κ3) is 1.39. The van der Waals surface area contributed by atoms with Gasteiger partial charge < -0.3 is 9.26 Å². The monoisotopic (exact) mass is 196 g/mol. The molecule has 0 amide bonds. The Morgan fingerprint density at radius 3 is 2.93 bits per heavy atom. The first kappa shape index (κ1) is 8.54. The fourth-order valence-electron chi connectivity index (χ4n) is 0.869. The Hall–Kier alpha value is -2.05. The number of methoxy groups -OCH3 is 1. The molecule has 0 atom stereocenters. The minimum atomic E-state index is -0.643. The molecule has 2 aromatic heterocycles. The summed E-state index contributed by atoms with van der Waals surface area (Å²) in [7, 11) is 1.31. The van der Waals surface area contributed by atoms with Crippen LogP contribution in [-0.2, 0) is 0 Å². The van der Waals surface area contributed by atoms with Crippen molar-refractivity contribution in [1.82, 2.24) is 20.1 Å². The number of aromatic nitrogens is 4. The minimum absolute atomic E-state index is 0.114. The maximum atomic E-state index is 12.9. The molecular weight excluding hydrogens is 191 g/mol. The van der Waals surface area contributed by atoms with Crippen molar-refractivity contribution in [2.75, 3.05) is 7.11 Å². The minimum Gasteiger partial charge on any atom is -0.479 e. The molecule has 0 aliphatic carbocycles. The lowest BCUT2D eigenvalue weighted by Crippen LogP contribution is -1.96. The second-order valence-electron chi connectivity index (χ2n) is 2.30. The Kier molecular flexibility index (Phi) is 2.05. The average molecular weight is 196 g/mol. The van der Waals surface area contributed by atoms with Crippen LogP contribution in [0.1, 0.15) is 0 Å². The van der Waals surface area contributed by atoms with Crippen molar-refractivity contribution in [2.24, 2.45) is 0 Å². The lowest BCUT2D eigenvalue weighted by Gasteiger charge is -1.99. The second kappa shape index (κ2) is 3.36. The van der Waals surface area contributed by atoms with Gasteiger partial charge in [-0.1, -0.05) is 5.16 Å². The molecule has 0 aromatic carbocycles. The molecule has 2 heterocycles. The van der Waals surface area contributed by atoms with Crippen LogP contribution in [0, 0.1) is 5.82 Å². The van der Waals surface area contributed by atoms with Crippen LogP contribution in [0.2, 0.25) is 0 Å². The molecule has 0 saturated carbocycles. The molecule has 0 spiro atoms. The summed E-state index contributed by atoms with van der Waals surface area (Å²) in [6.07, 6.45) is 2.18. The van der Waals surface area contributed by atoms with Gasteiger partial charge in [0.2, 0.25) is 11.6 Å². The molecule has 14 heavy (non-hydrogen) atoms. The zero-order chi connectivity index (χ0) is 9.97. The van der Waals surface area contributed by atoms with E-state index < -0.39 is 5.82 Å². The number of rotatable bonds is 2. The molecule has 0 aliphatic heterocycles. The maximum absolute atomic E-state index is 12.9. The molecule has 0 saturated heterocycles. The van der Waals surface area contributed by atoms with Gasteiger partial charge in [0.05, 0.1) is 13.3 Å². The highest BCUT2D eigenvalue weighted by atomic mass is 19.1. The van der Waals surface area contributed by atoms with Gasteiger partial charge in [0.25, 0.3) is 11.8 Å². The summed E-state index contributed by atoms with van der Waals surface area (Å²) in [5.74, 6) is -0.562. The SMILES string of the molecule is COc1nc(-c2ncno2)ncc1F. The standard InChI is InChI=1S/C7H5FN4O2/c1-13-6-4(8)2-9-5(12-6)7-10-3-11-14-7/h2-3H,1H3. The molecule has 2 rings (SSSR count).